The van der Waals surface area contributed by atoms with Gasteiger partial charge in [-0.3, -0.25) is 14.6 Å². The summed E-state index contributed by atoms with van der Waals surface area (Å²) < 4.78 is 5.14. The minimum atomic E-state index is -1.87. The van der Waals surface area contributed by atoms with E-state index in [0.29, 0.717) is 11.4 Å². The summed E-state index contributed by atoms with van der Waals surface area (Å²) in [5.41, 5.74) is 0.0805. The highest BCUT2D eigenvalue weighted by molar-refractivity contribution is 6.23. The number of hydrogen-bond acceptors (Lipinski definition) is 7. The average molecular weight is 397 g/mol. The summed E-state index contributed by atoms with van der Waals surface area (Å²) in [6, 6.07) is 17.2. The smallest absolute Gasteiger partial charge is 0.242 e. The first-order valence-electron chi connectivity index (χ1n) is 9.34. The van der Waals surface area contributed by atoms with Crippen molar-refractivity contribution in [2.24, 2.45) is 16.9 Å². The van der Waals surface area contributed by atoms with Crippen LogP contribution in [0.2, 0.25) is 0 Å². The predicted molar refractivity (Wildman–Crippen MR) is 105 cm³/mol. The van der Waals surface area contributed by atoms with Crippen LogP contribution in [0.25, 0.3) is 0 Å². The fourth-order valence-corrected chi connectivity index (χ4v) is 4.73. The van der Waals surface area contributed by atoms with Gasteiger partial charge in [0, 0.05) is 0 Å². The van der Waals surface area contributed by atoms with E-state index in [0.717, 1.165) is 16.0 Å². The van der Waals surface area contributed by atoms with Gasteiger partial charge >= 0.3 is 0 Å². The van der Waals surface area contributed by atoms with E-state index in [9.17, 15) is 20.1 Å². The number of carbonyl (C=O) groups excluding carboxylic acids is 2. The normalized spacial score (nSPS) is 25.2. The van der Waals surface area contributed by atoms with Gasteiger partial charge in [-0.15, -0.1) is 0 Å². The zero-order chi connectivity index (χ0) is 21.0. The summed E-state index contributed by atoms with van der Waals surface area (Å²) >= 11 is 0. The topological polar surface area (TPSA) is 110 Å². The molecule has 0 aromatic heterocycles. The van der Waals surface area contributed by atoms with Crippen LogP contribution in [0.15, 0.2) is 53.6 Å². The van der Waals surface area contributed by atoms with Crippen molar-refractivity contribution < 1.29 is 14.3 Å². The summed E-state index contributed by atoms with van der Waals surface area (Å²) in [5.74, 6) is -2.46. The average Bonchev–Trinajstić information content (AvgIpc) is 3.24. The molecule has 2 saturated heterocycles. The van der Waals surface area contributed by atoms with Crippen LogP contribution in [-0.4, -0.2) is 35.7 Å². The third-order valence-electron chi connectivity index (χ3n) is 6.07. The van der Waals surface area contributed by atoms with Crippen LogP contribution in [-0.2, 0) is 9.59 Å². The second kappa shape index (κ2) is 6.16. The van der Waals surface area contributed by atoms with E-state index < -0.39 is 35.2 Å². The third kappa shape index (κ3) is 2.05. The second-order valence-electron chi connectivity index (χ2n) is 7.37. The van der Waals surface area contributed by atoms with Gasteiger partial charge in [0.05, 0.1) is 31.0 Å². The number of carbonyl (C=O) groups is 2. The van der Waals surface area contributed by atoms with Crippen LogP contribution < -0.4 is 9.64 Å². The van der Waals surface area contributed by atoms with Crippen molar-refractivity contribution in [2.45, 2.75) is 11.6 Å². The van der Waals surface area contributed by atoms with Crippen LogP contribution in [0.4, 0.5) is 5.69 Å². The Morgan fingerprint density at radius 1 is 1.03 bits per heavy atom. The van der Waals surface area contributed by atoms with Crippen molar-refractivity contribution in [2.75, 3.05) is 12.0 Å². The molecule has 3 aliphatic heterocycles. The van der Waals surface area contributed by atoms with Crippen molar-refractivity contribution in [1.29, 1.82) is 10.5 Å². The van der Waals surface area contributed by atoms with Gasteiger partial charge in [0.2, 0.25) is 17.4 Å². The highest BCUT2D eigenvalue weighted by Crippen LogP contribution is 2.56. The van der Waals surface area contributed by atoms with Gasteiger partial charge in [-0.2, -0.15) is 15.6 Å². The minimum absolute atomic E-state index is 0.379. The third-order valence-corrected chi connectivity index (χ3v) is 6.07. The number of rotatable bonds is 2. The number of hydrazone groups is 1. The molecular weight excluding hydrogens is 382 g/mol. The fourth-order valence-electron chi connectivity index (χ4n) is 4.73. The number of nitrogens with zero attached hydrogens (tertiary/aromatic N) is 5. The van der Waals surface area contributed by atoms with Gasteiger partial charge in [-0.25, -0.2) is 4.90 Å². The number of nitriles is 2. The van der Waals surface area contributed by atoms with Gasteiger partial charge in [0.15, 0.2) is 0 Å². The van der Waals surface area contributed by atoms with Crippen LogP contribution in [0.3, 0.4) is 0 Å². The molecule has 8 nitrogen and oxygen atoms in total. The molecule has 2 fully saturated rings. The molecule has 0 spiro atoms. The lowest BCUT2D eigenvalue weighted by molar-refractivity contribution is -0.124. The van der Waals surface area contributed by atoms with Crippen molar-refractivity contribution in [3.63, 3.8) is 0 Å². The van der Waals surface area contributed by atoms with E-state index in [1.165, 1.54) is 12.1 Å². The number of amides is 2. The summed E-state index contributed by atoms with van der Waals surface area (Å²) in [6.45, 7) is 0. The van der Waals surface area contributed by atoms with Gasteiger partial charge in [-0.1, -0.05) is 24.3 Å². The molecule has 146 valence electrons. The molecule has 0 unspecified atom stereocenters. The Kier molecular flexibility index (Phi) is 3.68. The van der Waals surface area contributed by atoms with Crippen LogP contribution in [0.1, 0.15) is 17.2 Å². The predicted octanol–water partition coefficient (Wildman–Crippen LogP) is 1.99. The Morgan fingerprint density at radius 3 is 2.40 bits per heavy atom. The van der Waals surface area contributed by atoms with Crippen LogP contribution in [0, 0.1) is 34.5 Å². The molecule has 0 aliphatic carbocycles. The molecule has 0 radical (unpaired) electrons. The SMILES string of the molecule is COc1ccc(N2C(=O)[C@H]3[C@@H](C2=O)C(C#N)(C#N)N2N=Cc4ccccc4[C@@H]32)cc1. The number of ether oxygens (including phenoxy) is 1. The van der Waals surface area contributed by atoms with E-state index in [-0.39, 0.29) is 0 Å². The van der Waals surface area contributed by atoms with E-state index in [1.54, 1.807) is 30.5 Å². The number of benzene rings is 2. The number of hydrogen-bond donors (Lipinski definition) is 0. The molecule has 3 heterocycles. The maximum absolute atomic E-state index is 13.5. The maximum Gasteiger partial charge on any atom is 0.242 e. The molecule has 3 atom stereocenters. The van der Waals surface area contributed by atoms with E-state index in [2.05, 4.69) is 5.10 Å². The molecule has 30 heavy (non-hydrogen) atoms. The Morgan fingerprint density at radius 2 is 1.73 bits per heavy atom. The Hall–Kier alpha value is -4.17. The Labute approximate surface area is 172 Å². The van der Waals surface area contributed by atoms with Crippen molar-refractivity contribution >= 4 is 23.7 Å². The number of fused-ring (bicyclic) bond motifs is 5. The molecule has 3 aliphatic rings. The van der Waals surface area contributed by atoms with Crippen molar-refractivity contribution in [3.8, 4) is 17.9 Å². The highest BCUT2D eigenvalue weighted by atomic mass is 16.5. The molecule has 0 saturated carbocycles. The minimum Gasteiger partial charge on any atom is -0.497 e. The number of imide groups is 1. The van der Waals surface area contributed by atoms with Gasteiger partial charge in [0.25, 0.3) is 0 Å². The van der Waals surface area contributed by atoms with Gasteiger partial charge in [-0.05, 0) is 35.4 Å². The standard InChI is InChI=1S/C22H15N5O3/c1-30-15-8-6-14(7-9-15)26-20(28)17-18(21(26)29)22(11-23,12-24)27-19(17)16-5-3-2-4-13(16)10-25-27/h2-10,17-19H,1H3/t17-,18-,19-/m0/s1. The molecule has 2 aromatic carbocycles. The number of methoxy groups -OCH3 is 1. The van der Waals surface area contributed by atoms with Gasteiger partial charge < -0.3 is 4.74 Å². The maximum atomic E-state index is 13.5. The monoisotopic (exact) mass is 397 g/mol. The Balaban J connectivity index is 1.68. The zero-order valence-electron chi connectivity index (χ0n) is 15.9. The van der Waals surface area contributed by atoms with E-state index >= 15 is 0 Å². The first-order chi connectivity index (χ1) is 14.6. The lowest BCUT2D eigenvalue weighted by Gasteiger charge is -2.35. The lowest BCUT2D eigenvalue weighted by Crippen LogP contribution is -2.49. The highest BCUT2D eigenvalue weighted by Gasteiger charge is 2.71. The van der Waals surface area contributed by atoms with E-state index in [4.69, 9.17) is 4.74 Å². The van der Waals surface area contributed by atoms with Crippen molar-refractivity contribution in [1.82, 2.24) is 5.01 Å². The Bertz CT molecular complexity index is 1180. The van der Waals surface area contributed by atoms with Crippen LogP contribution in [0.5, 0.6) is 5.75 Å². The summed E-state index contributed by atoms with van der Waals surface area (Å²) in [4.78, 5) is 28.0. The molecule has 2 amide bonds. The zero-order valence-corrected chi connectivity index (χ0v) is 15.9. The molecule has 0 bridgehead atoms. The molecular formula is C22H15N5O3. The lowest BCUT2D eigenvalue weighted by atomic mass is 9.80. The first kappa shape index (κ1) is 17.9. The summed E-state index contributed by atoms with van der Waals surface area (Å²) in [5, 5.41) is 25.6. The van der Waals surface area contributed by atoms with Gasteiger partial charge in [0.1, 0.15) is 23.8 Å². The number of anilines is 1. The molecule has 2 aromatic rings. The van der Waals surface area contributed by atoms with Crippen LogP contribution >= 0.6 is 0 Å². The van der Waals surface area contributed by atoms with E-state index in [1.807, 2.05) is 36.4 Å². The fraction of sp³-hybridized carbons (Fsp3) is 0.227. The second-order valence-corrected chi connectivity index (χ2v) is 7.37. The molecule has 8 heteroatoms. The summed E-state index contributed by atoms with van der Waals surface area (Å²) in [6.07, 6.45) is 1.56. The first-order valence-corrected chi connectivity index (χ1v) is 9.34. The quantitative estimate of drug-likeness (QED) is 0.717. The largest absolute Gasteiger partial charge is 0.497 e. The molecule has 0 N–H and O–H groups in total. The molecule has 5 rings (SSSR count). The summed E-state index contributed by atoms with van der Waals surface area (Å²) in [7, 11) is 1.52. The van der Waals surface area contributed by atoms with Crippen molar-refractivity contribution in [3.05, 3.63) is 59.7 Å².